The first kappa shape index (κ1) is 8.82. The summed E-state index contributed by atoms with van der Waals surface area (Å²) >= 11 is 3.50. The van der Waals surface area contributed by atoms with Crippen molar-refractivity contribution >= 4 is 21.6 Å². The highest BCUT2D eigenvalue weighted by atomic mass is 79.9. The molecule has 0 atom stereocenters. The van der Waals surface area contributed by atoms with Gasteiger partial charge in [0.2, 0.25) is 0 Å². The van der Waals surface area contributed by atoms with Gasteiger partial charge in [0.1, 0.15) is 0 Å². The first-order valence-electron chi connectivity index (χ1n) is 4.43. The van der Waals surface area contributed by atoms with Crippen LogP contribution >= 0.6 is 15.9 Å². The van der Waals surface area contributed by atoms with E-state index in [0.29, 0.717) is 0 Å². The van der Waals surface area contributed by atoms with Crippen LogP contribution in [0.25, 0.3) is 0 Å². The zero-order valence-electron chi connectivity index (χ0n) is 7.63. The maximum Gasteiger partial charge on any atom is 0.0375 e. The molecule has 68 valence electrons. The molecule has 0 spiro atoms. The monoisotopic (exact) mass is 237 g/mol. The first-order valence-corrected chi connectivity index (χ1v) is 5.23. The predicted molar refractivity (Wildman–Crippen MR) is 60.2 cm³/mol. The summed E-state index contributed by atoms with van der Waals surface area (Å²) in [6, 6.07) is 6.49. The molecule has 0 aromatic heterocycles. The number of aryl methyl sites for hydroxylation is 1. The summed E-state index contributed by atoms with van der Waals surface area (Å²) in [6.07, 6.45) is 4.41. The lowest BCUT2D eigenvalue weighted by molar-refractivity contribution is 1.00. The van der Waals surface area contributed by atoms with Crippen molar-refractivity contribution in [3.05, 3.63) is 40.4 Å². The molecule has 0 N–H and O–H groups in total. The Kier molecular flexibility index (Phi) is 2.40. The van der Waals surface area contributed by atoms with Crippen LogP contribution in [0.3, 0.4) is 0 Å². The Morgan fingerprint density at radius 3 is 2.54 bits per heavy atom. The zero-order chi connectivity index (χ0) is 9.26. The molecule has 0 saturated heterocycles. The van der Waals surface area contributed by atoms with Gasteiger partial charge in [0, 0.05) is 23.2 Å². The highest BCUT2D eigenvalue weighted by molar-refractivity contribution is 9.10. The van der Waals surface area contributed by atoms with Crippen molar-refractivity contribution in [2.24, 2.45) is 0 Å². The number of hydrogen-bond acceptors (Lipinski definition) is 1. The summed E-state index contributed by atoms with van der Waals surface area (Å²) in [4.78, 5) is 2.35. The van der Waals surface area contributed by atoms with E-state index in [2.05, 4.69) is 58.1 Å². The van der Waals surface area contributed by atoms with Crippen LogP contribution in [0.2, 0.25) is 0 Å². The second kappa shape index (κ2) is 3.54. The Hall–Kier alpha value is -0.760. The lowest BCUT2D eigenvalue weighted by Gasteiger charge is -2.18. The third kappa shape index (κ3) is 1.78. The lowest BCUT2D eigenvalue weighted by Crippen LogP contribution is -2.18. The number of hydrogen-bond donors (Lipinski definition) is 0. The molecule has 0 aliphatic carbocycles. The second-order valence-corrected chi connectivity index (χ2v) is 4.16. The van der Waals surface area contributed by atoms with Gasteiger partial charge in [-0.2, -0.15) is 0 Å². The molecule has 13 heavy (non-hydrogen) atoms. The van der Waals surface area contributed by atoms with Crippen LogP contribution in [-0.4, -0.2) is 13.1 Å². The van der Waals surface area contributed by atoms with E-state index in [1.807, 2.05) is 0 Å². The molecule has 1 aromatic carbocycles. The van der Waals surface area contributed by atoms with Crippen molar-refractivity contribution in [1.29, 1.82) is 0 Å². The van der Waals surface area contributed by atoms with E-state index in [-0.39, 0.29) is 0 Å². The van der Waals surface area contributed by atoms with Gasteiger partial charge in [-0.15, -0.1) is 0 Å². The van der Waals surface area contributed by atoms with E-state index in [0.717, 1.165) is 13.1 Å². The zero-order valence-corrected chi connectivity index (χ0v) is 9.21. The Labute approximate surface area is 87.2 Å². The number of halogens is 1. The van der Waals surface area contributed by atoms with Crippen LogP contribution in [0.15, 0.2) is 34.8 Å². The molecule has 2 rings (SSSR count). The smallest absolute Gasteiger partial charge is 0.0375 e. The van der Waals surface area contributed by atoms with Gasteiger partial charge in [-0.3, -0.25) is 0 Å². The van der Waals surface area contributed by atoms with Crippen LogP contribution in [0.5, 0.6) is 0 Å². The normalized spacial score (nSPS) is 15.4. The summed E-state index contributed by atoms with van der Waals surface area (Å²) in [5, 5.41) is 0. The molecule has 1 heterocycles. The van der Waals surface area contributed by atoms with Gasteiger partial charge in [-0.05, 0) is 30.7 Å². The van der Waals surface area contributed by atoms with Gasteiger partial charge in [0.05, 0.1) is 0 Å². The highest BCUT2D eigenvalue weighted by Crippen LogP contribution is 2.23. The Balaban J connectivity index is 2.26. The SMILES string of the molecule is Cc1cc(N2CC=CC2)ccc1Br. The van der Waals surface area contributed by atoms with Gasteiger partial charge in [0.15, 0.2) is 0 Å². The van der Waals surface area contributed by atoms with Crippen LogP contribution in [0, 0.1) is 6.92 Å². The standard InChI is InChI=1S/C11H12BrN/c1-9-8-10(4-5-11(9)12)13-6-2-3-7-13/h2-5,8H,6-7H2,1H3. The molecular formula is C11H12BrN. The quantitative estimate of drug-likeness (QED) is 0.679. The minimum absolute atomic E-state index is 1.04. The fourth-order valence-corrected chi connectivity index (χ4v) is 1.76. The molecule has 1 aromatic rings. The molecule has 0 radical (unpaired) electrons. The minimum atomic E-state index is 1.04. The number of benzene rings is 1. The van der Waals surface area contributed by atoms with Crippen LogP contribution in [0.4, 0.5) is 5.69 Å². The highest BCUT2D eigenvalue weighted by Gasteiger charge is 2.07. The molecular weight excluding hydrogens is 226 g/mol. The average molecular weight is 238 g/mol. The minimum Gasteiger partial charge on any atom is -0.364 e. The van der Waals surface area contributed by atoms with Gasteiger partial charge in [-0.25, -0.2) is 0 Å². The summed E-state index contributed by atoms with van der Waals surface area (Å²) in [7, 11) is 0. The van der Waals surface area contributed by atoms with E-state index < -0.39 is 0 Å². The van der Waals surface area contributed by atoms with E-state index in [9.17, 15) is 0 Å². The molecule has 1 aliphatic heterocycles. The fourth-order valence-electron chi connectivity index (χ4n) is 1.51. The van der Waals surface area contributed by atoms with E-state index >= 15 is 0 Å². The molecule has 0 saturated carbocycles. The molecule has 2 heteroatoms. The van der Waals surface area contributed by atoms with Gasteiger partial charge >= 0.3 is 0 Å². The fraction of sp³-hybridized carbons (Fsp3) is 0.273. The van der Waals surface area contributed by atoms with Crippen molar-refractivity contribution in [3.8, 4) is 0 Å². The molecule has 1 aliphatic rings. The third-order valence-corrected chi connectivity index (χ3v) is 3.21. The Morgan fingerprint density at radius 2 is 1.92 bits per heavy atom. The van der Waals surface area contributed by atoms with E-state index in [1.165, 1.54) is 15.7 Å². The lowest BCUT2D eigenvalue weighted by atomic mass is 10.2. The van der Waals surface area contributed by atoms with Crippen LogP contribution in [0.1, 0.15) is 5.56 Å². The molecule has 0 bridgehead atoms. The third-order valence-electron chi connectivity index (χ3n) is 2.32. The van der Waals surface area contributed by atoms with Crippen molar-refractivity contribution in [2.75, 3.05) is 18.0 Å². The van der Waals surface area contributed by atoms with Crippen molar-refractivity contribution in [1.82, 2.24) is 0 Å². The summed E-state index contributed by atoms with van der Waals surface area (Å²) in [6.45, 7) is 4.21. The topological polar surface area (TPSA) is 3.24 Å². The van der Waals surface area contributed by atoms with Crippen LogP contribution in [-0.2, 0) is 0 Å². The predicted octanol–water partition coefficient (Wildman–Crippen LogP) is 3.13. The Bertz CT molecular complexity index is 336. The second-order valence-electron chi connectivity index (χ2n) is 3.31. The molecule has 1 nitrogen and oxygen atoms in total. The average Bonchev–Trinajstić information content (AvgIpc) is 2.62. The summed E-state index contributed by atoms with van der Waals surface area (Å²) in [5.41, 5.74) is 2.61. The van der Waals surface area contributed by atoms with Gasteiger partial charge in [0.25, 0.3) is 0 Å². The number of anilines is 1. The number of rotatable bonds is 1. The summed E-state index contributed by atoms with van der Waals surface area (Å²) in [5.74, 6) is 0. The van der Waals surface area contributed by atoms with Crippen LogP contribution < -0.4 is 4.90 Å². The first-order chi connectivity index (χ1) is 6.27. The Morgan fingerprint density at radius 1 is 1.23 bits per heavy atom. The molecule has 0 fully saturated rings. The molecule has 0 unspecified atom stereocenters. The van der Waals surface area contributed by atoms with Crippen molar-refractivity contribution < 1.29 is 0 Å². The maximum atomic E-state index is 3.50. The van der Waals surface area contributed by atoms with Gasteiger partial charge < -0.3 is 4.90 Å². The summed E-state index contributed by atoms with van der Waals surface area (Å²) < 4.78 is 1.18. The molecule has 0 amide bonds. The maximum absolute atomic E-state index is 3.50. The number of nitrogens with zero attached hydrogens (tertiary/aromatic N) is 1. The van der Waals surface area contributed by atoms with E-state index in [4.69, 9.17) is 0 Å². The largest absolute Gasteiger partial charge is 0.364 e. The van der Waals surface area contributed by atoms with Gasteiger partial charge in [-0.1, -0.05) is 28.1 Å². The van der Waals surface area contributed by atoms with E-state index in [1.54, 1.807) is 0 Å². The van der Waals surface area contributed by atoms with Crippen molar-refractivity contribution in [3.63, 3.8) is 0 Å². The van der Waals surface area contributed by atoms with Crippen molar-refractivity contribution in [2.45, 2.75) is 6.92 Å².